The molecule has 0 aliphatic heterocycles. The number of hydrogen-bond donors (Lipinski definition) is 1. The van der Waals surface area contributed by atoms with Gasteiger partial charge in [0.25, 0.3) is 0 Å². The number of allylic oxidation sites excluding steroid dienone is 1. The van der Waals surface area contributed by atoms with Gasteiger partial charge in [0.05, 0.1) is 11.4 Å². The highest BCUT2D eigenvalue weighted by Crippen LogP contribution is 2.21. The summed E-state index contributed by atoms with van der Waals surface area (Å²) in [7, 11) is 0. The summed E-state index contributed by atoms with van der Waals surface area (Å²) >= 11 is 0. The molecule has 62 valence electrons. The van der Waals surface area contributed by atoms with Gasteiger partial charge in [-0.15, -0.1) is 0 Å². The predicted molar refractivity (Wildman–Crippen MR) is 50.7 cm³/mol. The molecule has 0 fully saturated rings. The Hall–Kier alpha value is -1.31. The van der Waals surface area contributed by atoms with E-state index in [0.717, 1.165) is 24.2 Å². The zero-order valence-electron chi connectivity index (χ0n) is 7.17. The summed E-state index contributed by atoms with van der Waals surface area (Å²) in [5, 5.41) is 0. The summed E-state index contributed by atoms with van der Waals surface area (Å²) in [5.41, 5.74) is 9.86. The fourth-order valence-corrected chi connectivity index (χ4v) is 1.46. The minimum atomic E-state index is 0.792. The third kappa shape index (κ3) is 1.09. The highest BCUT2D eigenvalue weighted by atomic mass is 14.8. The zero-order chi connectivity index (χ0) is 8.55. The molecule has 1 aromatic heterocycles. The maximum absolute atomic E-state index is 5.75. The van der Waals surface area contributed by atoms with Crippen LogP contribution in [-0.4, -0.2) is 4.98 Å². The normalized spacial score (nSPS) is 14.4. The average Bonchev–Trinajstić information content (AvgIpc) is 2.07. The van der Waals surface area contributed by atoms with E-state index in [1.165, 1.54) is 11.3 Å². The second-order valence-electron chi connectivity index (χ2n) is 3.14. The van der Waals surface area contributed by atoms with Crippen LogP contribution in [0.2, 0.25) is 0 Å². The van der Waals surface area contributed by atoms with Crippen LogP contribution >= 0.6 is 0 Å². The second-order valence-corrected chi connectivity index (χ2v) is 3.14. The lowest BCUT2D eigenvalue weighted by molar-refractivity contribution is 0.915. The summed E-state index contributed by atoms with van der Waals surface area (Å²) in [4.78, 5) is 4.44. The van der Waals surface area contributed by atoms with Crippen LogP contribution in [0.25, 0.3) is 6.08 Å². The zero-order valence-corrected chi connectivity index (χ0v) is 7.17. The largest absolute Gasteiger partial charge is 0.397 e. The molecule has 2 heteroatoms. The summed E-state index contributed by atoms with van der Waals surface area (Å²) in [6, 6.07) is 2.01. The third-order valence-corrected chi connectivity index (χ3v) is 2.21. The SMILES string of the molecule is Cc1nc2c(cc1N)C=CCC2. The molecule has 2 nitrogen and oxygen atoms in total. The number of nitrogens with zero attached hydrogens (tertiary/aromatic N) is 1. The van der Waals surface area contributed by atoms with Crippen molar-refractivity contribution in [2.75, 3.05) is 5.73 Å². The van der Waals surface area contributed by atoms with Crippen LogP contribution < -0.4 is 5.73 Å². The Morgan fingerprint density at radius 3 is 3.17 bits per heavy atom. The molecule has 1 heterocycles. The highest BCUT2D eigenvalue weighted by molar-refractivity contribution is 5.60. The molecule has 0 amide bonds. The second kappa shape index (κ2) is 2.63. The van der Waals surface area contributed by atoms with E-state index in [1.807, 2.05) is 13.0 Å². The fraction of sp³-hybridized carbons (Fsp3) is 0.300. The first-order valence-electron chi connectivity index (χ1n) is 4.20. The van der Waals surface area contributed by atoms with Gasteiger partial charge in [-0.2, -0.15) is 0 Å². The lowest BCUT2D eigenvalue weighted by atomic mass is 10.0. The van der Waals surface area contributed by atoms with Crippen LogP contribution in [0.4, 0.5) is 5.69 Å². The van der Waals surface area contributed by atoms with Crippen LogP contribution in [0.15, 0.2) is 12.1 Å². The van der Waals surface area contributed by atoms with Gasteiger partial charge in [0.1, 0.15) is 0 Å². The maximum atomic E-state index is 5.75. The Labute approximate surface area is 72.1 Å². The van der Waals surface area contributed by atoms with Gasteiger partial charge < -0.3 is 5.73 Å². The standard InChI is InChI=1S/C10H12N2/c1-7-9(11)6-8-4-2-3-5-10(8)12-7/h2,4,6H,3,5,11H2,1H3. The van der Waals surface area contributed by atoms with Gasteiger partial charge in [-0.25, -0.2) is 0 Å². The molecule has 0 spiro atoms. The molecule has 0 bridgehead atoms. The van der Waals surface area contributed by atoms with Crippen molar-refractivity contribution in [2.45, 2.75) is 19.8 Å². The van der Waals surface area contributed by atoms with Crippen LogP contribution in [0, 0.1) is 6.92 Å². The average molecular weight is 160 g/mol. The first-order valence-corrected chi connectivity index (χ1v) is 4.20. The number of rotatable bonds is 0. The van der Waals surface area contributed by atoms with Crippen molar-refractivity contribution in [3.63, 3.8) is 0 Å². The first-order chi connectivity index (χ1) is 5.77. The van der Waals surface area contributed by atoms with E-state index in [2.05, 4.69) is 17.1 Å². The number of aryl methyl sites for hydroxylation is 2. The number of fused-ring (bicyclic) bond motifs is 1. The Kier molecular flexibility index (Phi) is 1.61. The van der Waals surface area contributed by atoms with Crippen molar-refractivity contribution >= 4 is 11.8 Å². The summed E-state index contributed by atoms with van der Waals surface area (Å²) in [6.07, 6.45) is 6.41. The lowest BCUT2D eigenvalue weighted by Crippen LogP contribution is -2.02. The van der Waals surface area contributed by atoms with Crippen LogP contribution in [0.5, 0.6) is 0 Å². The molecule has 1 aliphatic carbocycles. The Morgan fingerprint density at radius 1 is 1.50 bits per heavy atom. The molecular weight excluding hydrogens is 148 g/mol. The summed E-state index contributed by atoms with van der Waals surface area (Å²) in [5.74, 6) is 0. The van der Waals surface area contributed by atoms with Gasteiger partial charge in [0, 0.05) is 5.69 Å². The van der Waals surface area contributed by atoms with E-state index < -0.39 is 0 Å². The number of aromatic nitrogens is 1. The smallest absolute Gasteiger partial charge is 0.0605 e. The molecule has 0 atom stereocenters. The van der Waals surface area contributed by atoms with Crippen molar-refractivity contribution in [1.82, 2.24) is 4.98 Å². The maximum Gasteiger partial charge on any atom is 0.0605 e. The molecule has 12 heavy (non-hydrogen) atoms. The van der Waals surface area contributed by atoms with Crippen LogP contribution in [0.3, 0.4) is 0 Å². The van der Waals surface area contributed by atoms with E-state index >= 15 is 0 Å². The molecule has 0 saturated carbocycles. The highest BCUT2D eigenvalue weighted by Gasteiger charge is 2.07. The molecule has 2 N–H and O–H groups in total. The van der Waals surface area contributed by atoms with E-state index in [9.17, 15) is 0 Å². The molecule has 1 aromatic rings. The number of nitrogen functional groups attached to an aromatic ring is 1. The van der Waals surface area contributed by atoms with Crippen molar-refractivity contribution in [1.29, 1.82) is 0 Å². The topological polar surface area (TPSA) is 38.9 Å². The first kappa shape index (κ1) is 7.35. The number of anilines is 1. The van der Waals surface area contributed by atoms with E-state index in [4.69, 9.17) is 5.73 Å². The van der Waals surface area contributed by atoms with E-state index in [0.29, 0.717) is 0 Å². The molecule has 1 aliphatic rings. The molecule has 0 unspecified atom stereocenters. The van der Waals surface area contributed by atoms with Crippen molar-refractivity contribution < 1.29 is 0 Å². The third-order valence-electron chi connectivity index (χ3n) is 2.21. The Balaban J connectivity index is 2.58. The molecule has 0 aromatic carbocycles. The lowest BCUT2D eigenvalue weighted by Gasteiger charge is -2.11. The minimum Gasteiger partial charge on any atom is -0.397 e. The summed E-state index contributed by atoms with van der Waals surface area (Å²) < 4.78 is 0. The Morgan fingerprint density at radius 2 is 2.33 bits per heavy atom. The van der Waals surface area contributed by atoms with Gasteiger partial charge >= 0.3 is 0 Å². The van der Waals surface area contributed by atoms with Crippen LogP contribution in [0.1, 0.15) is 23.4 Å². The summed E-state index contributed by atoms with van der Waals surface area (Å²) in [6.45, 7) is 1.95. The van der Waals surface area contributed by atoms with Gasteiger partial charge in [0.15, 0.2) is 0 Å². The van der Waals surface area contributed by atoms with Crippen molar-refractivity contribution in [3.8, 4) is 0 Å². The molecule has 2 rings (SSSR count). The monoisotopic (exact) mass is 160 g/mol. The number of nitrogens with two attached hydrogens (primary N) is 1. The van der Waals surface area contributed by atoms with Crippen molar-refractivity contribution in [2.24, 2.45) is 0 Å². The minimum absolute atomic E-state index is 0.792. The van der Waals surface area contributed by atoms with Gasteiger partial charge in [-0.05, 0) is 31.4 Å². The van der Waals surface area contributed by atoms with Crippen molar-refractivity contribution in [3.05, 3.63) is 29.1 Å². The predicted octanol–water partition coefficient (Wildman–Crippen LogP) is 1.93. The molecule has 0 radical (unpaired) electrons. The quantitative estimate of drug-likeness (QED) is 0.629. The fourth-order valence-electron chi connectivity index (χ4n) is 1.46. The Bertz CT molecular complexity index is 340. The van der Waals surface area contributed by atoms with Crippen LogP contribution in [-0.2, 0) is 6.42 Å². The molecule has 0 saturated heterocycles. The number of pyridine rings is 1. The number of hydrogen-bond acceptors (Lipinski definition) is 2. The molecular formula is C10H12N2. The van der Waals surface area contributed by atoms with E-state index in [1.54, 1.807) is 0 Å². The van der Waals surface area contributed by atoms with Gasteiger partial charge in [-0.1, -0.05) is 12.2 Å². The van der Waals surface area contributed by atoms with E-state index in [-0.39, 0.29) is 0 Å². The van der Waals surface area contributed by atoms with Gasteiger partial charge in [-0.3, -0.25) is 4.98 Å². The van der Waals surface area contributed by atoms with Gasteiger partial charge in [0.2, 0.25) is 0 Å².